The summed E-state index contributed by atoms with van der Waals surface area (Å²) in [4.78, 5) is 5.46. The van der Waals surface area contributed by atoms with Gasteiger partial charge in [0.25, 0.3) is 0 Å². The predicted octanol–water partition coefficient (Wildman–Crippen LogP) is 3.14. The van der Waals surface area contributed by atoms with Gasteiger partial charge >= 0.3 is 0 Å². The van der Waals surface area contributed by atoms with Gasteiger partial charge in [-0.25, -0.2) is 9.67 Å². The third kappa shape index (κ3) is 1.52. The number of para-hydroxylation sites is 1. The zero-order chi connectivity index (χ0) is 13.0. The van der Waals surface area contributed by atoms with Crippen molar-refractivity contribution in [3.8, 4) is 16.3 Å². The Morgan fingerprint density at radius 2 is 2.16 bits per heavy atom. The van der Waals surface area contributed by atoms with Gasteiger partial charge in [0, 0.05) is 12.0 Å². The summed E-state index contributed by atoms with van der Waals surface area (Å²) in [6, 6.07) is 7.68. The lowest BCUT2D eigenvalue weighted by molar-refractivity contribution is 0.889. The average molecular weight is 289 g/mol. The number of anilines is 1. The van der Waals surface area contributed by atoms with Crippen molar-refractivity contribution in [1.82, 2.24) is 14.8 Å². The number of hydrogen-bond acceptors (Lipinski definition) is 4. The zero-order valence-corrected chi connectivity index (χ0v) is 11.4. The summed E-state index contributed by atoms with van der Waals surface area (Å²) < 4.78 is 1.88. The van der Waals surface area contributed by atoms with E-state index in [1.165, 1.54) is 16.9 Å². The van der Waals surface area contributed by atoms with E-state index in [0.717, 1.165) is 28.4 Å². The first kappa shape index (κ1) is 11.0. The van der Waals surface area contributed by atoms with Crippen molar-refractivity contribution < 1.29 is 0 Å². The lowest BCUT2D eigenvalue weighted by atomic mass is 10.2. The normalized spacial score (nSPS) is 12.5. The fourth-order valence-electron chi connectivity index (χ4n) is 2.42. The smallest absolute Gasteiger partial charge is 0.180 e. The Balaban J connectivity index is 1.97. The lowest BCUT2D eigenvalue weighted by Gasteiger charge is -2.07. The molecular weight excluding hydrogens is 280 g/mol. The number of nitrogens with two attached hydrogens (primary N) is 1. The van der Waals surface area contributed by atoms with E-state index >= 15 is 0 Å². The molecule has 94 valence electrons. The molecule has 0 aliphatic heterocycles. The van der Waals surface area contributed by atoms with Crippen molar-refractivity contribution in [1.29, 1.82) is 0 Å². The van der Waals surface area contributed by atoms with Crippen LogP contribution in [0.5, 0.6) is 0 Å². The number of nitrogens with zero attached hydrogens (tertiary/aromatic N) is 3. The monoisotopic (exact) mass is 288 g/mol. The third-order valence-corrected chi connectivity index (χ3v) is 4.47. The number of halogens is 1. The third-order valence-electron chi connectivity index (χ3n) is 3.21. The first-order chi connectivity index (χ1) is 9.24. The minimum Gasteiger partial charge on any atom is -0.375 e. The maximum absolute atomic E-state index is 6.25. The molecule has 4 nitrogen and oxygen atoms in total. The van der Waals surface area contributed by atoms with E-state index in [4.69, 9.17) is 17.3 Å². The van der Waals surface area contributed by atoms with Crippen molar-refractivity contribution in [2.75, 3.05) is 5.73 Å². The molecular formula is C13H9ClN4S. The molecule has 0 spiro atoms. The maximum Gasteiger partial charge on any atom is 0.180 e. The van der Waals surface area contributed by atoms with Gasteiger partial charge in [0.05, 0.1) is 33.2 Å². The van der Waals surface area contributed by atoms with Gasteiger partial charge in [-0.3, -0.25) is 0 Å². The van der Waals surface area contributed by atoms with Gasteiger partial charge in [-0.15, -0.1) is 0 Å². The SMILES string of the molecule is Nc1nc2c(s1)-c1c(cnn1-c1ccccc1Cl)C2. The minimum atomic E-state index is 0.600. The van der Waals surface area contributed by atoms with Gasteiger partial charge < -0.3 is 5.73 Å². The molecule has 4 rings (SSSR count). The summed E-state index contributed by atoms with van der Waals surface area (Å²) in [5.74, 6) is 0. The maximum atomic E-state index is 6.25. The summed E-state index contributed by atoms with van der Waals surface area (Å²) >= 11 is 7.75. The fourth-order valence-corrected chi connectivity index (χ4v) is 3.55. The van der Waals surface area contributed by atoms with Crippen LogP contribution in [0.3, 0.4) is 0 Å². The molecule has 0 atom stereocenters. The molecule has 0 bridgehead atoms. The van der Waals surface area contributed by atoms with Crippen LogP contribution in [-0.2, 0) is 6.42 Å². The molecule has 0 amide bonds. The van der Waals surface area contributed by atoms with Crippen LogP contribution < -0.4 is 5.73 Å². The highest BCUT2D eigenvalue weighted by Gasteiger charge is 2.28. The van der Waals surface area contributed by atoms with Crippen LogP contribution in [-0.4, -0.2) is 14.8 Å². The van der Waals surface area contributed by atoms with E-state index in [1.54, 1.807) is 0 Å². The molecule has 0 unspecified atom stereocenters. The van der Waals surface area contributed by atoms with E-state index in [9.17, 15) is 0 Å². The Morgan fingerprint density at radius 3 is 3.00 bits per heavy atom. The number of thiazole rings is 1. The second-order valence-electron chi connectivity index (χ2n) is 4.39. The van der Waals surface area contributed by atoms with Crippen molar-refractivity contribution in [2.24, 2.45) is 0 Å². The molecule has 1 aliphatic rings. The summed E-state index contributed by atoms with van der Waals surface area (Å²) in [5, 5.41) is 5.73. The highest BCUT2D eigenvalue weighted by atomic mass is 35.5. The van der Waals surface area contributed by atoms with Crippen LogP contribution in [0.15, 0.2) is 30.5 Å². The van der Waals surface area contributed by atoms with Crippen molar-refractivity contribution in [3.05, 3.63) is 46.7 Å². The number of benzene rings is 1. The first-order valence-electron chi connectivity index (χ1n) is 5.81. The van der Waals surface area contributed by atoms with Crippen molar-refractivity contribution >= 4 is 28.1 Å². The summed E-state index contributed by atoms with van der Waals surface area (Å²) in [5.41, 5.74) is 9.94. The van der Waals surface area contributed by atoms with Gasteiger partial charge in [-0.05, 0) is 12.1 Å². The van der Waals surface area contributed by atoms with Gasteiger partial charge in [0.15, 0.2) is 5.13 Å². The summed E-state index contributed by atoms with van der Waals surface area (Å²) in [6.07, 6.45) is 2.67. The van der Waals surface area contributed by atoms with Crippen LogP contribution in [0, 0.1) is 0 Å². The van der Waals surface area contributed by atoms with Crippen molar-refractivity contribution in [3.63, 3.8) is 0 Å². The molecule has 1 aliphatic carbocycles. The molecule has 2 N–H and O–H groups in total. The highest BCUT2D eigenvalue weighted by Crippen LogP contribution is 2.42. The Bertz CT molecular complexity index is 790. The van der Waals surface area contributed by atoms with Crippen molar-refractivity contribution in [2.45, 2.75) is 6.42 Å². The molecule has 0 radical (unpaired) electrons. The Kier molecular flexibility index (Phi) is 2.22. The van der Waals surface area contributed by atoms with Gasteiger partial charge in [0.1, 0.15) is 0 Å². The number of hydrogen-bond donors (Lipinski definition) is 1. The number of aromatic nitrogens is 3. The standard InChI is InChI=1S/C13H9ClN4S/c14-8-3-1-2-4-10(8)18-11-7(6-16-18)5-9-12(11)19-13(15)17-9/h1-4,6H,5H2,(H2,15,17). The molecule has 1 aromatic carbocycles. The molecule has 0 fully saturated rings. The molecule has 2 heterocycles. The quantitative estimate of drug-likeness (QED) is 0.585. The molecule has 0 saturated heterocycles. The van der Waals surface area contributed by atoms with Crippen LogP contribution in [0.1, 0.15) is 11.3 Å². The van der Waals surface area contributed by atoms with Crippen LogP contribution >= 0.6 is 22.9 Å². The van der Waals surface area contributed by atoms with Crippen LogP contribution in [0.25, 0.3) is 16.3 Å². The minimum absolute atomic E-state index is 0.600. The number of nitrogen functional groups attached to an aromatic ring is 1. The van der Waals surface area contributed by atoms with Crippen LogP contribution in [0.2, 0.25) is 5.02 Å². The second-order valence-corrected chi connectivity index (χ2v) is 5.82. The largest absolute Gasteiger partial charge is 0.375 e. The lowest BCUT2D eigenvalue weighted by Crippen LogP contribution is -1.98. The van der Waals surface area contributed by atoms with E-state index in [-0.39, 0.29) is 0 Å². The molecule has 6 heteroatoms. The topological polar surface area (TPSA) is 56.7 Å². The Morgan fingerprint density at radius 1 is 1.32 bits per heavy atom. The van der Waals surface area contributed by atoms with Gasteiger partial charge in [0.2, 0.25) is 0 Å². The zero-order valence-electron chi connectivity index (χ0n) is 9.80. The average Bonchev–Trinajstić information content (AvgIpc) is 3.00. The Labute approximate surface area is 118 Å². The van der Waals surface area contributed by atoms with Gasteiger partial charge in [-0.2, -0.15) is 5.10 Å². The molecule has 0 saturated carbocycles. The molecule has 2 aromatic heterocycles. The second kappa shape index (κ2) is 3.82. The Hall–Kier alpha value is -1.85. The van der Waals surface area contributed by atoms with E-state index in [0.29, 0.717) is 10.2 Å². The van der Waals surface area contributed by atoms with E-state index < -0.39 is 0 Å². The van der Waals surface area contributed by atoms with E-state index in [1.807, 2.05) is 35.1 Å². The highest BCUT2D eigenvalue weighted by molar-refractivity contribution is 7.19. The number of fused-ring (bicyclic) bond motifs is 3. The van der Waals surface area contributed by atoms with Crippen LogP contribution in [0.4, 0.5) is 5.13 Å². The summed E-state index contributed by atoms with van der Waals surface area (Å²) in [7, 11) is 0. The molecule has 19 heavy (non-hydrogen) atoms. The summed E-state index contributed by atoms with van der Waals surface area (Å²) in [6.45, 7) is 0. The first-order valence-corrected chi connectivity index (χ1v) is 7.01. The number of rotatable bonds is 1. The van der Waals surface area contributed by atoms with Gasteiger partial charge in [-0.1, -0.05) is 35.1 Å². The predicted molar refractivity (Wildman–Crippen MR) is 76.9 cm³/mol. The molecule has 3 aromatic rings. The fraction of sp³-hybridized carbons (Fsp3) is 0.0769. The van der Waals surface area contributed by atoms with E-state index in [2.05, 4.69) is 10.1 Å².